The number of aryl methyl sites for hydroxylation is 2. The van der Waals surface area contributed by atoms with Crippen molar-refractivity contribution in [1.29, 1.82) is 0 Å². The first-order valence-corrected chi connectivity index (χ1v) is 6.85. The van der Waals surface area contributed by atoms with Gasteiger partial charge in [0.25, 0.3) is 0 Å². The maximum absolute atomic E-state index is 6.15. The van der Waals surface area contributed by atoms with Gasteiger partial charge in [0.05, 0.1) is 15.9 Å². The van der Waals surface area contributed by atoms with Crippen molar-refractivity contribution < 1.29 is 0 Å². The summed E-state index contributed by atoms with van der Waals surface area (Å²) in [5, 5.41) is 4.48. The lowest BCUT2D eigenvalue weighted by molar-refractivity contribution is 0.378. The molecule has 0 spiro atoms. The average molecular weight is 303 g/mol. The first-order valence-electron chi connectivity index (χ1n) is 6.06. The van der Waals surface area contributed by atoms with Crippen LogP contribution >= 0.6 is 15.9 Å². The van der Waals surface area contributed by atoms with Gasteiger partial charge in [0.2, 0.25) is 0 Å². The summed E-state index contributed by atoms with van der Waals surface area (Å²) >= 11 is 3.62. The van der Waals surface area contributed by atoms with Crippen molar-refractivity contribution in [3.05, 3.63) is 15.9 Å². The predicted molar refractivity (Wildman–Crippen MR) is 75.1 cm³/mol. The lowest BCUT2D eigenvalue weighted by atomic mass is 10.1. The van der Waals surface area contributed by atoms with Gasteiger partial charge >= 0.3 is 0 Å². The number of aromatic nitrogens is 2. The van der Waals surface area contributed by atoms with E-state index in [0.717, 1.165) is 36.0 Å². The van der Waals surface area contributed by atoms with Gasteiger partial charge in [0.15, 0.2) is 0 Å². The summed E-state index contributed by atoms with van der Waals surface area (Å²) in [6.45, 7) is 3.14. The Balaban J connectivity index is 2.64. The fourth-order valence-corrected chi connectivity index (χ4v) is 2.59. The molecule has 98 valence electrons. The predicted octanol–water partition coefficient (Wildman–Crippen LogP) is 1.57. The molecule has 1 heterocycles. The quantitative estimate of drug-likeness (QED) is 0.868. The Bertz CT molecular complexity index is 360. The van der Waals surface area contributed by atoms with E-state index in [1.54, 1.807) is 0 Å². The van der Waals surface area contributed by atoms with Crippen LogP contribution in [0.15, 0.2) is 4.47 Å². The Morgan fingerprint density at radius 1 is 1.47 bits per heavy atom. The van der Waals surface area contributed by atoms with Crippen molar-refractivity contribution >= 4 is 15.9 Å². The summed E-state index contributed by atoms with van der Waals surface area (Å²) in [6.07, 6.45) is 2.82. The van der Waals surface area contributed by atoms with Crippen LogP contribution < -0.4 is 5.73 Å². The molecule has 1 aromatic rings. The Morgan fingerprint density at radius 3 is 2.59 bits per heavy atom. The van der Waals surface area contributed by atoms with Crippen LogP contribution in [0.2, 0.25) is 0 Å². The van der Waals surface area contributed by atoms with Crippen LogP contribution in [-0.2, 0) is 19.9 Å². The van der Waals surface area contributed by atoms with Crippen LogP contribution in [-0.4, -0.2) is 41.4 Å². The third kappa shape index (κ3) is 4.08. The molecule has 1 rings (SSSR count). The number of hydrogen-bond donors (Lipinski definition) is 1. The second kappa shape index (κ2) is 6.52. The summed E-state index contributed by atoms with van der Waals surface area (Å²) < 4.78 is 3.07. The third-order valence-corrected chi connectivity index (χ3v) is 3.82. The maximum Gasteiger partial charge on any atom is 0.0766 e. The number of hydrogen-bond acceptors (Lipinski definition) is 3. The zero-order chi connectivity index (χ0) is 13.0. The van der Waals surface area contributed by atoms with Gasteiger partial charge in [-0.15, -0.1) is 0 Å². The molecule has 0 aliphatic heterocycles. The summed E-state index contributed by atoms with van der Waals surface area (Å²) in [6, 6.07) is 0.189. The molecule has 0 fully saturated rings. The van der Waals surface area contributed by atoms with Crippen LogP contribution in [0.25, 0.3) is 0 Å². The van der Waals surface area contributed by atoms with E-state index in [9.17, 15) is 0 Å². The lowest BCUT2D eigenvalue weighted by Gasteiger charge is -2.15. The van der Waals surface area contributed by atoms with Gasteiger partial charge in [-0.2, -0.15) is 5.10 Å². The van der Waals surface area contributed by atoms with Crippen LogP contribution in [0.5, 0.6) is 0 Å². The fraction of sp³-hybridized carbons (Fsp3) is 0.750. The zero-order valence-electron chi connectivity index (χ0n) is 11.2. The van der Waals surface area contributed by atoms with Crippen molar-refractivity contribution in [1.82, 2.24) is 14.7 Å². The standard InChI is InChI=1S/C12H23BrN4/c1-5-10-12(13)11(17(4)15-10)8-9(14)6-7-16(2)3/h9H,5-8,14H2,1-4H3. The molecule has 1 aromatic heterocycles. The summed E-state index contributed by atoms with van der Waals surface area (Å²) in [4.78, 5) is 2.16. The van der Waals surface area contributed by atoms with E-state index < -0.39 is 0 Å². The number of halogens is 1. The molecule has 0 saturated heterocycles. The Hall–Kier alpha value is -0.390. The summed E-state index contributed by atoms with van der Waals surface area (Å²) in [5.74, 6) is 0. The molecule has 0 bridgehead atoms. The van der Waals surface area contributed by atoms with Crippen molar-refractivity contribution in [2.24, 2.45) is 12.8 Å². The van der Waals surface area contributed by atoms with Gasteiger partial charge in [-0.25, -0.2) is 0 Å². The monoisotopic (exact) mass is 302 g/mol. The molecule has 0 aliphatic carbocycles. The summed E-state index contributed by atoms with van der Waals surface area (Å²) in [5.41, 5.74) is 8.47. The van der Waals surface area contributed by atoms with E-state index in [-0.39, 0.29) is 6.04 Å². The molecule has 0 radical (unpaired) electrons. The van der Waals surface area contributed by atoms with Crippen LogP contribution in [0.1, 0.15) is 24.7 Å². The van der Waals surface area contributed by atoms with Gasteiger partial charge in [0, 0.05) is 19.5 Å². The van der Waals surface area contributed by atoms with Crippen LogP contribution in [0.4, 0.5) is 0 Å². The minimum atomic E-state index is 0.189. The Kier molecular flexibility index (Phi) is 5.62. The van der Waals surface area contributed by atoms with E-state index in [4.69, 9.17) is 5.73 Å². The molecule has 5 heteroatoms. The van der Waals surface area contributed by atoms with E-state index in [1.165, 1.54) is 5.69 Å². The fourth-order valence-electron chi connectivity index (χ4n) is 1.82. The molecule has 4 nitrogen and oxygen atoms in total. The van der Waals surface area contributed by atoms with E-state index in [2.05, 4.69) is 46.9 Å². The molecule has 0 aliphatic rings. The summed E-state index contributed by atoms with van der Waals surface area (Å²) in [7, 11) is 6.13. The first-order chi connectivity index (χ1) is 7.95. The van der Waals surface area contributed by atoms with Crippen molar-refractivity contribution in [3.63, 3.8) is 0 Å². The second-order valence-electron chi connectivity index (χ2n) is 4.74. The molecule has 0 aromatic carbocycles. The van der Waals surface area contributed by atoms with Gasteiger partial charge in [-0.3, -0.25) is 4.68 Å². The van der Waals surface area contributed by atoms with Crippen molar-refractivity contribution in [2.75, 3.05) is 20.6 Å². The first kappa shape index (κ1) is 14.7. The minimum absolute atomic E-state index is 0.189. The van der Waals surface area contributed by atoms with E-state index >= 15 is 0 Å². The number of nitrogens with zero attached hydrogens (tertiary/aromatic N) is 3. The van der Waals surface area contributed by atoms with Gasteiger partial charge in [0.1, 0.15) is 0 Å². The third-order valence-electron chi connectivity index (χ3n) is 2.91. The molecular formula is C12H23BrN4. The molecular weight excluding hydrogens is 280 g/mol. The van der Waals surface area contributed by atoms with Gasteiger partial charge in [-0.05, 0) is 49.4 Å². The van der Waals surface area contributed by atoms with E-state index in [0.29, 0.717) is 0 Å². The zero-order valence-corrected chi connectivity index (χ0v) is 12.8. The highest BCUT2D eigenvalue weighted by Gasteiger charge is 2.15. The van der Waals surface area contributed by atoms with Crippen molar-refractivity contribution in [3.8, 4) is 0 Å². The minimum Gasteiger partial charge on any atom is -0.327 e. The SMILES string of the molecule is CCc1nn(C)c(CC(N)CCN(C)C)c1Br. The maximum atomic E-state index is 6.15. The highest BCUT2D eigenvalue weighted by Crippen LogP contribution is 2.22. The number of nitrogens with two attached hydrogens (primary N) is 1. The van der Waals surface area contributed by atoms with E-state index in [1.807, 2.05) is 11.7 Å². The molecule has 0 saturated carbocycles. The average Bonchev–Trinajstić information content (AvgIpc) is 2.53. The second-order valence-corrected chi connectivity index (χ2v) is 5.53. The molecule has 17 heavy (non-hydrogen) atoms. The lowest BCUT2D eigenvalue weighted by Crippen LogP contribution is -2.29. The molecule has 0 amide bonds. The highest BCUT2D eigenvalue weighted by atomic mass is 79.9. The van der Waals surface area contributed by atoms with Crippen LogP contribution in [0.3, 0.4) is 0 Å². The number of rotatable bonds is 6. The van der Waals surface area contributed by atoms with Gasteiger partial charge < -0.3 is 10.6 Å². The van der Waals surface area contributed by atoms with Gasteiger partial charge in [-0.1, -0.05) is 6.92 Å². The largest absolute Gasteiger partial charge is 0.327 e. The topological polar surface area (TPSA) is 47.1 Å². The van der Waals surface area contributed by atoms with Crippen molar-refractivity contribution in [2.45, 2.75) is 32.2 Å². The Labute approximate surface area is 112 Å². The molecule has 1 atom stereocenters. The van der Waals surface area contributed by atoms with Crippen LogP contribution in [0, 0.1) is 0 Å². The Morgan fingerprint density at radius 2 is 2.12 bits per heavy atom. The molecule has 1 unspecified atom stereocenters. The highest BCUT2D eigenvalue weighted by molar-refractivity contribution is 9.10. The molecule has 2 N–H and O–H groups in total. The smallest absolute Gasteiger partial charge is 0.0766 e. The normalized spacial score (nSPS) is 13.4.